The zero-order valence-corrected chi connectivity index (χ0v) is 22.9. The van der Waals surface area contributed by atoms with Crippen molar-refractivity contribution in [1.29, 1.82) is 0 Å². The lowest BCUT2D eigenvalue weighted by Crippen LogP contribution is -2.47. The molecule has 2 aromatic rings. The molecular weight excluding hydrogens is 472 g/mol. The number of aryl methyl sites for hydroxylation is 2. The Morgan fingerprint density at radius 1 is 1.14 bits per heavy atom. The fourth-order valence-corrected chi connectivity index (χ4v) is 7.52. The van der Waals surface area contributed by atoms with Gasteiger partial charge in [0.25, 0.3) is 0 Å². The first kappa shape index (κ1) is 26.2. The third-order valence-electron chi connectivity index (χ3n) is 7.15. The average Bonchev–Trinajstić information content (AvgIpc) is 2.87. The number of thioether (sulfide) groups is 2. The molecule has 1 saturated carbocycles. The van der Waals surface area contributed by atoms with Crippen molar-refractivity contribution in [1.82, 2.24) is 5.32 Å². The number of nitrogens with one attached hydrogen (secondary N) is 1. The zero-order chi connectivity index (χ0) is 24.8. The molecule has 0 aromatic heterocycles. The molecule has 1 fully saturated rings. The molecule has 0 saturated heterocycles. The van der Waals surface area contributed by atoms with Gasteiger partial charge in [0.05, 0.1) is 18.2 Å². The molecule has 1 heterocycles. The Kier molecular flexibility index (Phi) is 9.23. The number of nitrogens with zero attached hydrogens (tertiary/aromatic N) is 1. The molecule has 0 spiro atoms. The van der Waals surface area contributed by atoms with Gasteiger partial charge in [-0.15, -0.1) is 11.8 Å². The van der Waals surface area contributed by atoms with E-state index in [0.29, 0.717) is 13.1 Å². The molecule has 2 aromatic carbocycles. The van der Waals surface area contributed by atoms with Crippen LogP contribution in [0, 0.1) is 19.8 Å². The van der Waals surface area contributed by atoms with Crippen molar-refractivity contribution >= 4 is 41.0 Å². The Hall–Kier alpha value is -1.92. The molecule has 2 atom stereocenters. The van der Waals surface area contributed by atoms with E-state index in [2.05, 4.69) is 55.2 Å². The van der Waals surface area contributed by atoms with Crippen molar-refractivity contribution in [2.24, 2.45) is 5.92 Å². The quantitative estimate of drug-likeness (QED) is 0.390. The fraction of sp³-hybridized carbons (Fsp3) is 0.517. The molecule has 0 bridgehead atoms. The summed E-state index contributed by atoms with van der Waals surface area (Å²) in [6.45, 7) is 7.26. The standard InChI is InChI=1S/C29H38N2O2S2/c1-20-14-15-21(2)23(18-20)19-31-25-12-7-8-13-26(25)35-27(29(31)33)22(3)28(32)30-16-9-17-34-24-10-5-4-6-11-24/h7-8,12-15,18,22,24,27H,4-6,9-11,16-17,19H2,1-3H3,(H,30,32). The van der Waals surface area contributed by atoms with Crippen molar-refractivity contribution in [2.75, 3.05) is 17.2 Å². The van der Waals surface area contributed by atoms with Gasteiger partial charge in [0.1, 0.15) is 5.25 Å². The summed E-state index contributed by atoms with van der Waals surface area (Å²) in [5.41, 5.74) is 4.44. The van der Waals surface area contributed by atoms with Crippen molar-refractivity contribution < 1.29 is 9.59 Å². The van der Waals surface area contributed by atoms with Crippen molar-refractivity contribution in [3.8, 4) is 0 Å². The van der Waals surface area contributed by atoms with Gasteiger partial charge in [0.2, 0.25) is 11.8 Å². The minimum Gasteiger partial charge on any atom is -0.356 e. The van der Waals surface area contributed by atoms with E-state index in [1.54, 1.807) is 0 Å². The maximum atomic E-state index is 13.7. The molecule has 4 nitrogen and oxygen atoms in total. The lowest BCUT2D eigenvalue weighted by molar-refractivity contribution is -0.128. The summed E-state index contributed by atoms with van der Waals surface area (Å²) < 4.78 is 0. The van der Waals surface area contributed by atoms with Crippen LogP contribution >= 0.6 is 23.5 Å². The van der Waals surface area contributed by atoms with Gasteiger partial charge in [0, 0.05) is 16.7 Å². The highest BCUT2D eigenvalue weighted by Crippen LogP contribution is 2.42. The Morgan fingerprint density at radius 3 is 2.71 bits per heavy atom. The van der Waals surface area contributed by atoms with Crippen molar-refractivity contribution in [2.45, 2.75) is 81.2 Å². The van der Waals surface area contributed by atoms with E-state index in [4.69, 9.17) is 0 Å². The monoisotopic (exact) mass is 510 g/mol. The summed E-state index contributed by atoms with van der Waals surface area (Å²) in [5.74, 6) is 0.690. The average molecular weight is 511 g/mol. The van der Waals surface area contributed by atoms with Gasteiger partial charge < -0.3 is 10.2 Å². The lowest BCUT2D eigenvalue weighted by atomic mass is 10.0. The molecule has 2 amide bonds. The minimum absolute atomic E-state index is 0.0186. The molecule has 188 valence electrons. The number of para-hydroxylation sites is 1. The first-order valence-electron chi connectivity index (χ1n) is 13.0. The molecule has 1 aliphatic heterocycles. The van der Waals surface area contributed by atoms with Gasteiger partial charge >= 0.3 is 0 Å². The Bertz CT molecular complexity index is 1040. The van der Waals surface area contributed by atoms with E-state index >= 15 is 0 Å². The van der Waals surface area contributed by atoms with E-state index in [0.717, 1.165) is 33.6 Å². The summed E-state index contributed by atoms with van der Waals surface area (Å²) >= 11 is 3.59. The number of anilines is 1. The van der Waals surface area contributed by atoms with Crippen molar-refractivity contribution in [3.05, 3.63) is 59.2 Å². The molecular formula is C29H38N2O2S2. The predicted molar refractivity (Wildman–Crippen MR) is 149 cm³/mol. The van der Waals surface area contributed by atoms with Crippen LogP contribution in [0.4, 0.5) is 5.69 Å². The fourth-order valence-electron chi connectivity index (χ4n) is 4.92. The number of amides is 2. The normalized spacial score (nSPS) is 19.3. The second kappa shape index (κ2) is 12.4. The van der Waals surface area contributed by atoms with Gasteiger partial charge in [-0.1, -0.05) is 62.1 Å². The van der Waals surface area contributed by atoms with E-state index in [1.807, 2.05) is 30.0 Å². The smallest absolute Gasteiger partial charge is 0.241 e. The number of carbonyl (C=O) groups excluding carboxylic acids is 2. The molecule has 1 N–H and O–H groups in total. The summed E-state index contributed by atoms with van der Waals surface area (Å²) in [4.78, 5) is 29.7. The minimum atomic E-state index is -0.424. The maximum Gasteiger partial charge on any atom is 0.241 e. The van der Waals surface area contributed by atoms with Crippen LogP contribution in [-0.4, -0.2) is 34.6 Å². The molecule has 2 unspecified atom stereocenters. The lowest BCUT2D eigenvalue weighted by Gasteiger charge is -2.36. The van der Waals surface area contributed by atoms with Crippen LogP contribution in [0.25, 0.3) is 0 Å². The number of benzene rings is 2. The first-order chi connectivity index (χ1) is 16.9. The molecule has 35 heavy (non-hydrogen) atoms. The van der Waals surface area contributed by atoms with E-state index in [-0.39, 0.29) is 11.8 Å². The van der Waals surface area contributed by atoms with Crippen LogP contribution in [-0.2, 0) is 16.1 Å². The van der Waals surface area contributed by atoms with Gasteiger partial charge in [-0.05, 0) is 62.1 Å². The molecule has 0 radical (unpaired) electrons. The van der Waals surface area contributed by atoms with Crippen LogP contribution in [0.1, 0.15) is 62.1 Å². The number of carbonyl (C=O) groups is 2. The second-order valence-corrected chi connectivity index (χ2v) is 12.5. The van der Waals surface area contributed by atoms with Gasteiger partial charge in [0.15, 0.2) is 0 Å². The first-order valence-corrected chi connectivity index (χ1v) is 14.9. The highest BCUT2D eigenvalue weighted by molar-refractivity contribution is 8.01. The Morgan fingerprint density at radius 2 is 1.91 bits per heavy atom. The predicted octanol–water partition coefficient (Wildman–Crippen LogP) is 6.52. The Balaban J connectivity index is 1.38. The van der Waals surface area contributed by atoms with Crippen LogP contribution < -0.4 is 10.2 Å². The van der Waals surface area contributed by atoms with E-state index < -0.39 is 11.2 Å². The van der Waals surface area contributed by atoms with Crippen LogP contribution in [0.5, 0.6) is 0 Å². The van der Waals surface area contributed by atoms with Crippen molar-refractivity contribution in [3.63, 3.8) is 0 Å². The third-order valence-corrected chi connectivity index (χ3v) is 10.1. The van der Waals surface area contributed by atoms with Crippen LogP contribution in [0.3, 0.4) is 0 Å². The summed E-state index contributed by atoms with van der Waals surface area (Å²) in [6.07, 6.45) is 7.78. The van der Waals surface area contributed by atoms with Crippen LogP contribution in [0.2, 0.25) is 0 Å². The molecule has 4 rings (SSSR count). The van der Waals surface area contributed by atoms with Gasteiger partial charge in [-0.2, -0.15) is 11.8 Å². The van der Waals surface area contributed by atoms with Crippen LogP contribution in [0.15, 0.2) is 47.4 Å². The Labute approximate surface area is 219 Å². The largest absolute Gasteiger partial charge is 0.356 e. The van der Waals surface area contributed by atoms with Gasteiger partial charge in [-0.3, -0.25) is 9.59 Å². The topological polar surface area (TPSA) is 49.4 Å². The SMILES string of the molecule is Cc1ccc(C)c(CN2C(=O)C(C(C)C(=O)NCCCSC3CCCCC3)Sc3ccccc32)c1. The zero-order valence-electron chi connectivity index (χ0n) is 21.2. The summed E-state index contributed by atoms with van der Waals surface area (Å²) in [7, 11) is 0. The number of rotatable bonds is 9. The third kappa shape index (κ3) is 6.65. The molecule has 2 aliphatic rings. The maximum absolute atomic E-state index is 13.7. The molecule has 1 aliphatic carbocycles. The number of hydrogen-bond donors (Lipinski definition) is 1. The second-order valence-electron chi connectivity index (χ2n) is 9.92. The van der Waals surface area contributed by atoms with Gasteiger partial charge in [-0.25, -0.2) is 0 Å². The highest BCUT2D eigenvalue weighted by atomic mass is 32.2. The number of fused-ring (bicyclic) bond motifs is 1. The summed E-state index contributed by atoms with van der Waals surface area (Å²) in [6, 6.07) is 14.4. The highest BCUT2D eigenvalue weighted by Gasteiger charge is 2.39. The van der Waals surface area contributed by atoms with E-state index in [1.165, 1.54) is 55.0 Å². The number of hydrogen-bond acceptors (Lipinski definition) is 4. The molecule has 6 heteroatoms. The summed E-state index contributed by atoms with van der Waals surface area (Å²) in [5, 5.41) is 3.49. The van der Waals surface area contributed by atoms with E-state index in [9.17, 15) is 9.59 Å².